The van der Waals surface area contributed by atoms with Gasteiger partial charge < -0.3 is 11.1 Å². The fourth-order valence-corrected chi connectivity index (χ4v) is 4.09. The average Bonchev–Trinajstić information content (AvgIpc) is 3.45. The summed E-state index contributed by atoms with van der Waals surface area (Å²) in [5.74, 6) is 0.150. The molecular weight excluding hydrogens is 372 g/mol. The van der Waals surface area contributed by atoms with E-state index >= 15 is 0 Å². The zero-order valence-electron chi connectivity index (χ0n) is 14.3. The van der Waals surface area contributed by atoms with Crippen LogP contribution in [0.2, 0.25) is 0 Å². The van der Waals surface area contributed by atoms with Crippen molar-refractivity contribution in [1.82, 2.24) is 5.32 Å². The van der Waals surface area contributed by atoms with Gasteiger partial charge in [0.05, 0.1) is 10.6 Å². The number of amides is 1. The van der Waals surface area contributed by atoms with E-state index in [0.717, 1.165) is 12.8 Å². The maximum absolute atomic E-state index is 12.5. The molecule has 1 fully saturated rings. The highest BCUT2D eigenvalue weighted by molar-refractivity contribution is 7.90. The van der Waals surface area contributed by atoms with Gasteiger partial charge in [-0.15, -0.1) is 12.4 Å². The molecule has 3 rings (SSSR count). The first-order valence-corrected chi connectivity index (χ1v) is 10.0. The molecule has 7 heteroatoms. The summed E-state index contributed by atoms with van der Waals surface area (Å²) in [7, 11) is -3.44. The minimum atomic E-state index is -3.44. The van der Waals surface area contributed by atoms with Crippen LogP contribution in [-0.4, -0.2) is 26.9 Å². The van der Waals surface area contributed by atoms with Crippen molar-refractivity contribution in [3.63, 3.8) is 0 Å². The quantitative estimate of drug-likeness (QED) is 0.755. The number of nitrogens with one attached hydrogen (secondary N) is 1. The third kappa shape index (κ3) is 5.30. The molecule has 26 heavy (non-hydrogen) atoms. The van der Waals surface area contributed by atoms with Crippen molar-refractivity contribution >= 4 is 28.2 Å². The monoisotopic (exact) mass is 394 g/mol. The molecule has 0 heterocycles. The maximum Gasteiger partial charge on any atom is 0.251 e. The first-order chi connectivity index (χ1) is 12.0. The molecule has 1 saturated carbocycles. The Kier molecular flexibility index (Phi) is 6.81. The van der Waals surface area contributed by atoms with Gasteiger partial charge in [-0.2, -0.15) is 0 Å². The first kappa shape index (κ1) is 20.4. The number of sulfone groups is 1. The van der Waals surface area contributed by atoms with Gasteiger partial charge in [0.15, 0.2) is 9.84 Å². The summed E-state index contributed by atoms with van der Waals surface area (Å²) in [5, 5.41) is 2.83. The number of carbonyl (C=O) groups excluding carboxylic acids is 1. The summed E-state index contributed by atoms with van der Waals surface area (Å²) in [6, 6.07) is 15.0. The van der Waals surface area contributed by atoms with Crippen LogP contribution in [-0.2, 0) is 15.6 Å². The van der Waals surface area contributed by atoms with Crippen LogP contribution in [0.3, 0.4) is 0 Å². The van der Waals surface area contributed by atoms with Crippen LogP contribution in [0, 0.1) is 5.92 Å². The summed E-state index contributed by atoms with van der Waals surface area (Å²) >= 11 is 0. The van der Waals surface area contributed by atoms with Gasteiger partial charge in [0, 0.05) is 18.2 Å². The second kappa shape index (κ2) is 8.66. The van der Waals surface area contributed by atoms with Crippen molar-refractivity contribution in [3.05, 3.63) is 65.7 Å². The predicted octanol–water partition coefficient (Wildman–Crippen LogP) is 2.55. The summed E-state index contributed by atoms with van der Waals surface area (Å²) < 4.78 is 24.9. The molecule has 1 aliphatic rings. The Morgan fingerprint density at radius 3 is 2.46 bits per heavy atom. The van der Waals surface area contributed by atoms with Crippen LogP contribution >= 0.6 is 12.4 Å². The summed E-state index contributed by atoms with van der Waals surface area (Å²) in [6.07, 6.45) is 2.26. The van der Waals surface area contributed by atoms with E-state index in [4.69, 9.17) is 5.73 Å². The molecule has 140 valence electrons. The van der Waals surface area contributed by atoms with Crippen LogP contribution in [0.5, 0.6) is 0 Å². The zero-order chi connectivity index (χ0) is 17.9. The lowest BCUT2D eigenvalue weighted by molar-refractivity contribution is 0.0950. The zero-order valence-corrected chi connectivity index (χ0v) is 15.9. The molecular formula is C19H23ClN2O3S. The minimum Gasteiger partial charge on any atom is -0.350 e. The van der Waals surface area contributed by atoms with E-state index in [9.17, 15) is 13.2 Å². The van der Waals surface area contributed by atoms with Crippen LogP contribution in [0.4, 0.5) is 0 Å². The maximum atomic E-state index is 12.5. The van der Waals surface area contributed by atoms with Gasteiger partial charge in [-0.25, -0.2) is 8.42 Å². The second-order valence-electron chi connectivity index (χ2n) is 6.48. The van der Waals surface area contributed by atoms with Gasteiger partial charge in [-0.05, 0) is 48.6 Å². The van der Waals surface area contributed by atoms with Crippen molar-refractivity contribution < 1.29 is 13.2 Å². The number of hydrogen-bond acceptors (Lipinski definition) is 4. The molecule has 2 aromatic carbocycles. The molecule has 0 bridgehead atoms. The number of hydrogen-bond donors (Lipinski definition) is 2. The number of benzene rings is 2. The standard InChI is InChI=1S/C19H22N2O3S.ClH/c20-18(15-9-10-15)12-21-19(22)16-6-4-5-14(11-16)13-25(23,24)17-7-2-1-3-8-17;/h1-8,11,15,18H,9-10,12-13,20H2,(H,21,22);1H. The number of carbonyl (C=O) groups is 1. The number of halogens is 1. The van der Waals surface area contributed by atoms with Gasteiger partial charge in [0.1, 0.15) is 0 Å². The third-order valence-electron chi connectivity index (χ3n) is 4.37. The molecule has 0 aromatic heterocycles. The van der Waals surface area contributed by atoms with Gasteiger partial charge in [0.2, 0.25) is 0 Å². The molecule has 0 aliphatic heterocycles. The summed E-state index contributed by atoms with van der Waals surface area (Å²) in [5.41, 5.74) is 7.02. The third-order valence-corrected chi connectivity index (χ3v) is 6.08. The Morgan fingerprint density at radius 1 is 1.12 bits per heavy atom. The number of rotatable bonds is 7. The van der Waals surface area contributed by atoms with Crippen LogP contribution in [0.25, 0.3) is 0 Å². The van der Waals surface area contributed by atoms with Crippen LogP contribution in [0.15, 0.2) is 59.5 Å². The Bertz CT molecular complexity index is 852. The molecule has 3 N–H and O–H groups in total. The average molecular weight is 395 g/mol. The highest BCUT2D eigenvalue weighted by Crippen LogP contribution is 2.31. The molecule has 1 aliphatic carbocycles. The van der Waals surface area contributed by atoms with Crippen molar-refractivity contribution in [2.45, 2.75) is 29.5 Å². The van der Waals surface area contributed by atoms with Crippen LogP contribution < -0.4 is 11.1 Å². The fraction of sp³-hybridized carbons (Fsp3) is 0.316. The van der Waals surface area contributed by atoms with Gasteiger partial charge in [-0.1, -0.05) is 30.3 Å². The Balaban J connectivity index is 0.00000243. The molecule has 1 unspecified atom stereocenters. The smallest absolute Gasteiger partial charge is 0.251 e. The minimum absolute atomic E-state index is 0. The van der Waals surface area contributed by atoms with Gasteiger partial charge >= 0.3 is 0 Å². The largest absolute Gasteiger partial charge is 0.350 e. The van der Waals surface area contributed by atoms with Crippen LogP contribution in [0.1, 0.15) is 28.8 Å². The Morgan fingerprint density at radius 2 is 1.81 bits per heavy atom. The lowest BCUT2D eigenvalue weighted by atomic mass is 10.1. The second-order valence-corrected chi connectivity index (χ2v) is 8.47. The van der Waals surface area contributed by atoms with Gasteiger partial charge in [-0.3, -0.25) is 4.79 Å². The van der Waals surface area contributed by atoms with E-state index in [2.05, 4.69) is 5.32 Å². The normalized spacial score (nSPS) is 15.0. The molecule has 1 atom stereocenters. The Labute approximate surface area is 160 Å². The first-order valence-electron chi connectivity index (χ1n) is 8.36. The van der Waals surface area contributed by atoms with Crippen molar-refractivity contribution in [2.75, 3.05) is 6.54 Å². The number of nitrogens with two attached hydrogens (primary N) is 1. The highest BCUT2D eigenvalue weighted by Gasteiger charge is 2.28. The molecule has 2 aromatic rings. The molecule has 0 saturated heterocycles. The van der Waals surface area contributed by atoms with E-state index in [1.807, 2.05) is 0 Å². The van der Waals surface area contributed by atoms with Crippen molar-refractivity contribution in [1.29, 1.82) is 0 Å². The Hall–Kier alpha value is -1.89. The van der Waals surface area contributed by atoms with E-state index in [1.54, 1.807) is 54.6 Å². The van der Waals surface area contributed by atoms with E-state index in [0.29, 0.717) is 23.6 Å². The molecule has 1 amide bonds. The van der Waals surface area contributed by atoms with Crippen molar-refractivity contribution in [3.8, 4) is 0 Å². The fourth-order valence-electron chi connectivity index (χ4n) is 2.74. The lowest BCUT2D eigenvalue weighted by Crippen LogP contribution is -2.38. The van der Waals surface area contributed by atoms with E-state index < -0.39 is 9.84 Å². The predicted molar refractivity (Wildman–Crippen MR) is 104 cm³/mol. The van der Waals surface area contributed by atoms with Crippen molar-refractivity contribution in [2.24, 2.45) is 11.7 Å². The SMILES string of the molecule is Cl.NC(CNC(=O)c1cccc(CS(=O)(=O)c2ccccc2)c1)C1CC1. The summed E-state index contributed by atoms with van der Waals surface area (Å²) in [6.45, 7) is 0.441. The van der Waals surface area contributed by atoms with E-state index in [-0.39, 0.29) is 35.0 Å². The van der Waals surface area contributed by atoms with Gasteiger partial charge in [0.25, 0.3) is 5.91 Å². The topological polar surface area (TPSA) is 89.3 Å². The summed E-state index contributed by atoms with van der Waals surface area (Å²) in [4.78, 5) is 12.5. The lowest BCUT2D eigenvalue weighted by Gasteiger charge is -2.12. The van der Waals surface area contributed by atoms with E-state index in [1.165, 1.54) is 0 Å². The molecule has 5 nitrogen and oxygen atoms in total. The molecule has 0 spiro atoms. The highest BCUT2D eigenvalue weighted by atomic mass is 35.5. The molecule has 0 radical (unpaired) electrons.